The quantitative estimate of drug-likeness (QED) is 0.317. The highest BCUT2D eigenvalue weighted by molar-refractivity contribution is 6.50. The van der Waals surface area contributed by atoms with Crippen molar-refractivity contribution in [3.8, 4) is 0 Å². The molecular weight excluding hydrogens is 255 g/mol. The molecule has 0 amide bonds. The molecule has 2 atom stereocenters. The number of nitrogens with zero attached hydrogens (tertiary/aromatic N) is 2. The Morgan fingerprint density at radius 3 is 2.28 bits per heavy atom. The second-order valence-electron chi connectivity index (χ2n) is 3.57. The highest BCUT2D eigenvalue weighted by Gasteiger charge is 2.49. The number of allylic oxidation sites excluding steroid dienone is 2. The van der Waals surface area contributed by atoms with E-state index in [1.807, 2.05) is 0 Å². The van der Waals surface area contributed by atoms with Crippen LogP contribution in [0.15, 0.2) is 24.3 Å². The fourth-order valence-corrected chi connectivity index (χ4v) is 1.29. The third kappa shape index (κ3) is 4.99. The van der Waals surface area contributed by atoms with E-state index in [4.69, 9.17) is 5.39 Å². The fraction of sp³-hybridized carbons (Fsp3) is 0.444. The van der Waals surface area contributed by atoms with Crippen LogP contribution in [0.1, 0.15) is 6.92 Å². The van der Waals surface area contributed by atoms with Gasteiger partial charge in [-0.15, -0.1) is 0 Å². The summed E-state index contributed by atoms with van der Waals surface area (Å²) in [7, 11) is -4.69. The first-order valence-electron chi connectivity index (χ1n) is 4.81. The van der Waals surface area contributed by atoms with Crippen molar-refractivity contribution in [2.75, 3.05) is 7.11 Å². The molecule has 18 heavy (non-hydrogen) atoms. The van der Waals surface area contributed by atoms with E-state index in [9.17, 15) is 22.1 Å². The van der Waals surface area contributed by atoms with Crippen LogP contribution in [-0.4, -0.2) is 26.4 Å². The van der Waals surface area contributed by atoms with E-state index in [0.717, 1.165) is 0 Å². The number of hydrogen-bond donors (Lipinski definition) is 0. The van der Waals surface area contributed by atoms with Crippen LogP contribution in [-0.2, 0) is 9.53 Å². The number of carbonyl (C=O) groups is 1. The molecule has 1 aliphatic carbocycles. The van der Waals surface area contributed by atoms with Gasteiger partial charge in [0.05, 0.1) is 7.11 Å². The predicted molar refractivity (Wildman–Crippen MR) is 57.5 cm³/mol. The Morgan fingerprint density at radius 1 is 1.39 bits per heavy atom. The lowest BCUT2D eigenvalue weighted by atomic mass is 9.80. The largest absolute Gasteiger partial charge is 0.673 e. The van der Waals surface area contributed by atoms with Crippen LogP contribution in [0, 0.1) is 10.8 Å². The van der Waals surface area contributed by atoms with Gasteiger partial charge in [0.15, 0.2) is 5.41 Å². The molecule has 1 aliphatic rings. The number of diazo groups is 1. The summed E-state index contributed by atoms with van der Waals surface area (Å²) in [6.07, 6.45) is 6.79. The van der Waals surface area contributed by atoms with Gasteiger partial charge >= 0.3 is 19.3 Å². The van der Waals surface area contributed by atoms with Gasteiger partial charge in [-0.05, 0) is 6.92 Å². The van der Waals surface area contributed by atoms with Gasteiger partial charge in [-0.2, -0.15) is 0 Å². The highest BCUT2D eigenvalue weighted by atomic mass is 19.5. The zero-order valence-corrected chi connectivity index (χ0v) is 9.69. The predicted octanol–water partition coefficient (Wildman–Crippen LogP) is 2.81. The number of esters is 1. The zero-order valence-electron chi connectivity index (χ0n) is 9.69. The third-order valence-electron chi connectivity index (χ3n) is 2.21. The van der Waals surface area contributed by atoms with Gasteiger partial charge in [0.2, 0.25) is 5.39 Å². The third-order valence-corrected chi connectivity index (χ3v) is 2.21. The minimum Gasteiger partial charge on any atom is -0.468 e. The Hall–Kier alpha value is -1.85. The lowest BCUT2D eigenvalue weighted by Crippen LogP contribution is -2.37. The van der Waals surface area contributed by atoms with Crippen molar-refractivity contribution >= 4 is 13.2 Å². The minimum atomic E-state index is -6.00. The summed E-state index contributed by atoms with van der Waals surface area (Å²) in [6.45, 7) is 1.67. The first kappa shape index (κ1) is 16.2. The van der Waals surface area contributed by atoms with Crippen LogP contribution in [0.4, 0.5) is 17.3 Å². The molecule has 0 aromatic carbocycles. The first-order chi connectivity index (χ1) is 8.15. The van der Waals surface area contributed by atoms with Crippen molar-refractivity contribution in [1.29, 1.82) is 5.39 Å². The SMILES string of the molecule is COC(=O)C1(C)C=CC=CC1[N+]#N.F[B-](F)(F)F. The summed E-state index contributed by atoms with van der Waals surface area (Å²) in [4.78, 5) is 14.5. The molecule has 0 aromatic heterocycles. The van der Waals surface area contributed by atoms with Crippen LogP contribution >= 0.6 is 0 Å². The summed E-state index contributed by atoms with van der Waals surface area (Å²) in [6, 6.07) is -0.565. The number of halogens is 4. The molecule has 0 aromatic rings. The molecule has 2 unspecified atom stereocenters. The van der Waals surface area contributed by atoms with Crippen LogP contribution in [0.3, 0.4) is 0 Å². The number of rotatable bonds is 1. The van der Waals surface area contributed by atoms with E-state index in [1.54, 1.807) is 31.2 Å². The summed E-state index contributed by atoms with van der Waals surface area (Å²) in [5.74, 6) is -0.407. The summed E-state index contributed by atoms with van der Waals surface area (Å²) in [5.41, 5.74) is -0.891. The smallest absolute Gasteiger partial charge is 0.468 e. The molecule has 4 nitrogen and oxygen atoms in total. The summed E-state index contributed by atoms with van der Waals surface area (Å²) < 4.78 is 43.6. The van der Waals surface area contributed by atoms with Gasteiger partial charge in [0.1, 0.15) is 4.98 Å². The number of methoxy groups -OCH3 is 1. The van der Waals surface area contributed by atoms with E-state index >= 15 is 0 Å². The molecular formula is C9H11BF4N2O2. The van der Waals surface area contributed by atoms with E-state index in [-0.39, 0.29) is 0 Å². The average molecular weight is 266 g/mol. The van der Waals surface area contributed by atoms with E-state index in [2.05, 4.69) is 9.71 Å². The maximum Gasteiger partial charge on any atom is 0.673 e. The van der Waals surface area contributed by atoms with Crippen molar-refractivity contribution in [2.45, 2.75) is 13.0 Å². The molecule has 0 fully saturated rings. The summed E-state index contributed by atoms with van der Waals surface area (Å²) >= 11 is 0. The lowest BCUT2D eigenvalue weighted by Gasteiger charge is -2.20. The normalized spacial score (nSPS) is 25.7. The number of hydrogen-bond acceptors (Lipinski definition) is 3. The molecule has 0 aliphatic heterocycles. The molecule has 0 N–H and O–H groups in total. The lowest BCUT2D eigenvalue weighted by molar-refractivity contribution is -0.149. The Morgan fingerprint density at radius 2 is 1.89 bits per heavy atom. The number of ether oxygens (including phenoxy) is 1. The molecule has 0 saturated heterocycles. The summed E-state index contributed by atoms with van der Waals surface area (Å²) in [5, 5.41) is 8.70. The molecule has 0 spiro atoms. The van der Waals surface area contributed by atoms with Crippen LogP contribution < -0.4 is 0 Å². The molecule has 0 saturated carbocycles. The van der Waals surface area contributed by atoms with E-state index in [0.29, 0.717) is 0 Å². The Labute approximate surface area is 101 Å². The molecule has 0 heterocycles. The minimum absolute atomic E-state index is 0.407. The maximum absolute atomic E-state index is 11.4. The molecule has 100 valence electrons. The van der Waals surface area contributed by atoms with Gasteiger partial charge in [0, 0.05) is 6.08 Å². The Balaban J connectivity index is 0.000000494. The van der Waals surface area contributed by atoms with Crippen molar-refractivity contribution < 1.29 is 26.8 Å². The van der Waals surface area contributed by atoms with Crippen molar-refractivity contribution in [2.24, 2.45) is 5.41 Å². The highest BCUT2D eigenvalue weighted by Crippen LogP contribution is 2.31. The zero-order chi connectivity index (χ0) is 14.4. The molecule has 0 bridgehead atoms. The first-order valence-corrected chi connectivity index (χ1v) is 4.81. The second-order valence-corrected chi connectivity index (χ2v) is 3.57. The topological polar surface area (TPSA) is 54.5 Å². The van der Waals surface area contributed by atoms with Crippen molar-refractivity contribution in [1.82, 2.24) is 0 Å². The standard InChI is InChI=1S/C9H11N2O2.BF4/c1-9(8(12)13-2)6-4-3-5-7(9)11-10;2-1(3,4)5/h3-7H,1-2H3;/q+1;-1. The molecule has 0 radical (unpaired) electrons. The van der Waals surface area contributed by atoms with E-state index in [1.165, 1.54) is 7.11 Å². The monoisotopic (exact) mass is 266 g/mol. The Bertz CT molecular complexity index is 396. The van der Waals surface area contributed by atoms with Crippen molar-refractivity contribution in [3.63, 3.8) is 0 Å². The van der Waals surface area contributed by atoms with Gasteiger partial charge in [0.25, 0.3) is 0 Å². The molecule has 9 heteroatoms. The maximum atomic E-state index is 11.4. The van der Waals surface area contributed by atoms with Gasteiger partial charge in [-0.3, -0.25) is 4.79 Å². The van der Waals surface area contributed by atoms with E-state index < -0.39 is 24.7 Å². The Kier molecular flexibility index (Phi) is 5.55. The fourth-order valence-electron chi connectivity index (χ4n) is 1.29. The van der Waals surface area contributed by atoms with Crippen molar-refractivity contribution in [3.05, 3.63) is 29.3 Å². The molecule has 1 rings (SSSR count). The average Bonchev–Trinajstić information content (AvgIpc) is 2.26. The number of carbonyl (C=O) groups excluding carboxylic acids is 1. The van der Waals surface area contributed by atoms with Gasteiger partial charge in [-0.25, -0.2) is 0 Å². The second kappa shape index (κ2) is 6.19. The van der Waals surface area contributed by atoms with Crippen LogP contribution in [0.2, 0.25) is 0 Å². The van der Waals surface area contributed by atoms with Gasteiger partial charge in [-0.1, -0.05) is 18.2 Å². The van der Waals surface area contributed by atoms with Crippen LogP contribution in [0.5, 0.6) is 0 Å². The van der Waals surface area contributed by atoms with Gasteiger partial charge < -0.3 is 22.0 Å². The van der Waals surface area contributed by atoms with Crippen LogP contribution in [0.25, 0.3) is 4.98 Å².